The number of amides is 3. The first kappa shape index (κ1) is 24.4. The largest absolute Gasteiger partial charge is 0.480 e. The monoisotopic (exact) mass is 479 g/mol. The Kier molecular flexibility index (Phi) is 7.86. The number of nitrogens with one attached hydrogen (secondary N) is 3. The summed E-state index contributed by atoms with van der Waals surface area (Å²) >= 11 is 6.09. The van der Waals surface area contributed by atoms with Crippen LogP contribution < -0.4 is 16.0 Å². The SMILES string of the molecule is Cc1cccc(Cl)c1NC(=O)Nc1cc(F)c(F)cc1C(=O)N[C@H](C(=O)O)C1CCCCC1. The van der Waals surface area contributed by atoms with Crippen molar-refractivity contribution in [3.8, 4) is 0 Å². The third kappa shape index (κ3) is 5.98. The number of urea groups is 1. The molecule has 1 fully saturated rings. The summed E-state index contributed by atoms with van der Waals surface area (Å²) in [6.45, 7) is 1.72. The molecule has 3 rings (SSSR count). The molecule has 2 aromatic rings. The summed E-state index contributed by atoms with van der Waals surface area (Å²) in [5.74, 6) is -5.00. The number of carbonyl (C=O) groups excluding carboxylic acids is 2. The van der Waals surface area contributed by atoms with Gasteiger partial charge in [0.15, 0.2) is 11.6 Å². The Morgan fingerprint density at radius 3 is 2.36 bits per heavy atom. The second-order valence-corrected chi connectivity index (χ2v) is 8.42. The summed E-state index contributed by atoms with van der Waals surface area (Å²) in [6.07, 6.45) is 3.97. The molecular weight excluding hydrogens is 456 g/mol. The minimum atomic E-state index is -1.31. The molecule has 0 aromatic heterocycles. The van der Waals surface area contributed by atoms with Crippen molar-refractivity contribution in [1.29, 1.82) is 0 Å². The molecular formula is C23H24ClF2N3O4. The lowest BCUT2D eigenvalue weighted by Crippen LogP contribution is -2.46. The van der Waals surface area contributed by atoms with Gasteiger partial charge in [-0.05, 0) is 43.4 Å². The van der Waals surface area contributed by atoms with Crippen LogP contribution in [0, 0.1) is 24.5 Å². The van der Waals surface area contributed by atoms with E-state index in [1.807, 2.05) is 0 Å². The fraction of sp³-hybridized carbons (Fsp3) is 0.348. The summed E-state index contributed by atoms with van der Waals surface area (Å²) in [4.78, 5) is 37.2. The highest BCUT2D eigenvalue weighted by Crippen LogP contribution is 2.28. The molecule has 0 radical (unpaired) electrons. The molecule has 33 heavy (non-hydrogen) atoms. The molecule has 1 aliphatic carbocycles. The standard InChI is InChI=1S/C23H24ClF2N3O4/c1-12-6-5-9-15(24)19(12)29-23(33)27-18-11-17(26)16(25)10-14(18)21(30)28-20(22(31)32)13-7-3-2-4-8-13/h5-6,9-11,13,20H,2-4,7-8H2,1H3,(H,28,30)(H,31,32)(H2,27,29,33)/t20-/m0/s1. The second-order valence-electron chi connectivity index (χ2n) is 8.01. The molecule has 4 N–H and O–H groups in total. The third-order valence-electron chi connectivity index (χ3n) is 5.69. The molecule has 0 aliphatic heterocycles. The van der Waals surface area contributed by atoms with Gasteiger partial charge in [-0.15, -0.1) is 0 Å². The van der Waals surface area contributed by atoms with E-state index in [-0.39, 0.29) is 16.6 Å². The Morgan fingerprint density at radius 2 is 1.73 bits per heavy atom. The molecule has 1 atom stereocenters. The van der Waals surface area contributed by atoms with Gasteiger partial charge in [0, 0.05) is 6.07 Å². The Hall–Kier alpha value is -3.20. The molecule has 176 valence electrons. The lowest BCUT2D eigenvalue weighted by molar-refractivity contribution is -0.141. The first-order chi connectivity index (χ1) is 15.7. The lowest BCUT2D eigenvalue weighted by Gasteiger charge is -2.28. The van der Waals surface area contributed by atoms with E-state index in [1.54, 1.807) is 25.1 Å². The van der Waals surface area contributed by atoms with Crippen LogP contribution in [0.15, 0.2) is 30.3 Å². The Balaban J connectivity index is 1.83. The summed E-state index contributed by atoms with van der Waals surface area (Å²) in [5, 5.41) is 17.1. The normalized spacial score (nSPS) is 14.9. The molecule has 1 saturated carbocycles. The minimum absolute atomic E-state index is 0.269. The van der Waals surface area contributed by atoms with Crippen molar-refractivity contribution in [2.45, 2.75) is 45.1 Å². The van der Waals surface area contributed by atoms with Crippen molar-refractivity contribution in [3.63, 3.8) is 0 Å². The summed E-state index contributed by atoms with van der Waals surface area (Å²) in [6, 6.07) is 4.25. The zero-order chi connectivity index (χ0) is 24.1. The average Bonchev–Trinajstić information content (AvgIpc) is 2.77. The van der Waals surface area contributed by atoms with Gasteiger partial charge in [0.1, 0.15) is 6.04 Å². The second kappa shape index (κ2) is 10.6. The number of para-hydroxylation sites is 1. The number of hydrogen-bond donors (Lipinski definition) is 4. The zero-order valence-electron chi connectivity index (χ0n) is 17.9. The maximum Gasteiger partial charge on any atom is 0.326 e. The van der Waals surface area contributed by atoms with Crippen molar-refractivity contribution >= 4 is 40.9 Å². The van der Waals surface area contributed by atoms with E-state index in [0.29, 0.717) is 36.2 Å². The van der Waals surface area contributed by atoms with Gasteiger partial charge in [-0.2, -0.15) is 0 Å². The maximum absolute atomic E-state index is 13.9. The van der Waals surface area contributed by atoms with Crippen molar-refractivity contribution in [3.05, 3.63) is 58.1 Å². The Morgan fingerprint density at radius 1 is 1.06 bits per heavy atom. The van der Waals surface area contributed by atoms with E-state index in [4.69, 9.17) is 11.6 Å². The molecule has 0 saturated heterocycles. The van der Waals surface area contributed by atoms with Gasteiger partial charge < -0.3 is 21.1 Å². The number of aryl methyl sites for hydroxylation is 1. The fourth-order valence-electron chi connectivity index (χ4n) is 3.96. The number of anilines is 2. The number of rotatable bonds is 6. The number of carboxylic acids is 1. The molecule has 10 heteroatoms. The number of halogens is 3. The van der Waals surface area contributed by atoms with Gasteiger partial charge in [-0.1, -0.05) is 43.0 Å². The summed E-state index contributed by atoms with van der Waals surface area (Å²) in [5.41, 5.74) is 0.259. The number of hydrogen-bond acceptors (Lipinski definition) is 3. The van der Waals surface area contributed by atoms with Crippen molar-refractivity contribution in [1.82, 2.24) is 5.32 Å². The van der Waals surface area contributed by atoms with Crippen LogP contribution in [0.2, 0.25) is 5.02 Å². The van der Waals surface area contributed by atoms with Crippen LogP contribution in [-0.2, 0) is 4.79 Å². The van der Waals surface area contributed by atoms with Crippen molar-refractivity contribution in [2.75, 3.05) is 10.6 Å². The number of carboxylic acid groups (broad SMARTS) is 1. The van der Waals surface area contributed by atoms with E-state index >= 15 is 0 Å². The van der Waals surface area contributed by atoms with E-state index in [9.17, 15) is 28.3 Å². The lowest BCUT2D eigenvalue weighted by atomic mass is 9.84. The summed E-state index contributed by atoms with van der Waals surface area (Å²) < 4.78 is 27.9. The van der Waals surface area contributed by atoms with Crippen LogP contribution in [0.1, 0.15) is 48.0 Å². The number of carbonyl (C=O) groups is 3. The van der Waals surface area contributed by atoms with Gasteiger partial charge in [0.25, 0.3) is 5.91 Å². The first-order valence-corrected chi connectivity index (χ1v) is 10.9. The number of benzene rings is 2. The van der Waals surface area contributed by atoms with Gasteiger partial charge in [-0.3, -0.25) is 4.79 Å². The quantitative estimate of drug-likeness (QED) is 0.449. The Labute approximate surface area is 194 Å². The fourth-order valence-corrected chi connectivity index (χ4v) is 4.23. The van der Waals surface area contributed by atoms with Gasteiger partial charge in [-0.25, -0.2) is 18.4 Å². The third-order valence-corrected chi connectivity index (χ3v) is 6.00. The molecule has 0 bridgehead atoms. The molecule has 7 nitrogen and oxygen atoms in total. The molecule has 3 amide bonds. The average molecular weight is 480 g/mol. The first-order valence-electron chi connectivity index (χ1n) is 10.5. The highest BCUT2D eigenvalue weighted by molar-refractivity contribution is 6.34. The van der Waals surface area contributed by atoms with Gasteiger partial charge in [0.05, 0.1) is 22.0 Å². The van der Waals surface area contributed by atoms with Crippen LogP contribution in [0.4, 0.5) is 25.0 Å². The molecule has 1 aliphatic rings. The molecule has 0 unspecified atom stereocenters. The van der Waals surface area contributed by atoms with Crippen molar-refractivity contribution in [2.24, 2.45) is 5.92 Å². The summed E-state index contributed by atoms with van der Waals surface area (Å²) in [7, 11) is 0. The molecule has 0 heterocycles. The van der Waals surface area contributed by atoms with Gasteiger partial charge >= 0.3 is 12.0 Å². The van der Waals surface area contributed by atoms with E-state index < -0.39 is 41.1 Å². The van der Waals surface area contributed by atoms with E-state index in [2.05, 4.69) is 16.0 Å². The predicted molar refractivity (Wildman–Crippen MR) is 121 cm³/mol. The van der Waals surface area contributed by atoms with Crippen LogP contribution in [0.25, 0.3) is 0 Å². The van der Waals surface area contributed by atoms with E-state index in [0.717, 1.165) is 19.3 Å². The van der Waals surface area contributed by atoms with Crippen LogP contribution >= 0.6 is 11.6 Å². The highest BCUT2D eigenvalue weighted by atomic mass is 35.5. The molecule has 0 spiro atoms. The minimum Gasteiger partial charge on any atom is -0.480 e. The van der Waals surface area contributed by atoms with Crippen LogP contribution in [0.5, 0.6) is 0 Å². The van der Waals surface area contributed by atoms with Crippen LogP contribution in [-0.4, -0.2) is 29.1 Å². The number of aliphatic carboxylic acids is 1. The Bertz CT molecular complexity index is 1050. The van der Waals surface area contributed by atoms with Gasteiger partial charge in [0.2, 0.25) is 0 Å². The molecule has 2 aromatic carbocycles. The topological polar surface area (TPSA) is 108 Å². The smallest absolute Gasteiger partial charge is 0.326 e. The predicted octanol–water partition coefficient (Wildman–Crippen LogP) is 5.33. The van der Waals surface area contributed by atoms with Crippen LogP contribution in [0.3, 0.4) is 0 Å². The van der Waals surface area contributed by atoms with Crippen molar-refractivity contribution < 1.29 is 28.3 Å². The maximum atomic E-state index is 13.9. The zero-order valence-corrected chi connectivity index (χ0v) is 18.6. The van der Waals surface area contributed by atoms with E-state index in [1.165, 1.54) is 0 Å². The highest BCUT2D eigenvalue weighted by Gasteiger charge is 2.32.